The SMILES string of the molecule is S=C(NCCCN1CCOCC1)N/N=C\c1ccccc1Br. The van der Waals surface area contributed by atoms with Crippen molar-refractivity contribution in [2.24, 2.45) is 5.10 Å². The predicted octanol–water partition coefficient (Wildman–Crippen LogP) is 1.97. The maximum Gasteiger partial charge on any atom is 0.186 e. The average Bonchev–Trinajstić information content (AvgIpc) is 2.54. The Hall–Kier alpha value is -1.02. The second kappa shape index (κ2) is 9.89. The molecule has 1 saturated heterocycles. The van der Waals surface area contributed by atoms with Gasteiger partial charge < -0.3 is 10.1 Å². The number of morpholine rings is 1. The zero-order valence-electron chi connectivity index (χ0n) is 12.4. The van der Waals surface area contributed by atoms with E-state index in [4.69, 9.17) is 17.0 Å². The maximum absolute atomic E-state index is 5.33. The lowest BCUT2D eigenvalue weighted by atomic mass is 10.2. The topological polar surface area (TPSA) is 48.9 Å². The number of rotatable bonds is 6. The van der Waals surface area contributed by atoms with E-state index in [0.717, 1.165) is 55.8 Å². The van der Waals surface area contributed by atoms with Crippen LogP contribution in [0.5, 0.6) is 0 Å². The third-order valence-electron chi connectivity index (χ3n) is 3.32. The normalized spacial score (nSPS) is 15.9. The smallest absolute Gasteiger partial charge is 0.186 e. The third-order valence-corrected chi connectivity index (χ3v) is 4.27. The van der Waals surface area contributed by atoms with Crippen molar-refractivity contribution in [1.29, 1.82) is 0 Å². The molecular weight excluding hydrogens is 364 g/mol. The first-order chi connectivity index (χ1) is 10.8. The van der Waals surface area contributed by atoms with Crippen molar-refractivity contribution in [3.05, 3.63) is 34.3 Å². The Balaban J connectivity index is 1.58. The molecule has 0 atom stereocenters. The molecule has 2 N–H and O–H groups in total. The van der Waals surface area contributed by atoms with Gasteiger partial charge in [-0.3, -0.25) is 10.3 Å². The first kappa shape index (κ1) is 17.3. The highest BCUT2D eigenvalue weighted by molar-refractivity contribution is 9.10. The Morgan fingerprint density at radius 3 is 2.91 bits per heavy atom. The van der Waals surface area contributed by atoms with Crippen LogP contribution in [0.4, 0.5) is 0 Å². The molecule has 1 aromatic rings. The monoisotopic (exact) mass is 384 g/mol. The van der Waals surface area contributed by atoms with E-state index in [1.54, 1.807) is 6.21 Å². The number of nitrogens with one attached hydrogen (secondary N) is 2. The van der Waals surface area contributed by atoms with Gasteiger partial charge in [-0.15, -0.1) is 0 Å². The van der Waals surface area contributed by atoms with E-state index in [9.17, 15) is 0 Å². The first-order valence-corrected chi connectivity index (χ1v) is 8.57. The molecule has 2 rings (SSSR count). The van der Waals surface area contributed by atoms with Crippen LogP contribution >= 0.6 is 28.1 Å². The van der Waals surface area contributed by atoms with E-state index in [0.29, 0.717) is 5.11 Å². The summed E-state index contributed by atoms with van der Waals surface area (Å²) in [7, 11) is 0. The highest BCUT2D eigenvalue weighted by atomic mass is 79.9. The largest absolute Gasteiger partial charge is 0.379 e. The summed E-state index contributed by atoms with van der Waals surface area (Å²) in [5, 5.41) is 7.84. The summed E-state index contributed by atoms with van der Waals surface area (Å²) in [4.78, 5) is 2.41. The number of hydrogen-bond acceptors (Lipinski definition) is 4. The van der Waals surface area contributed by atoms with Gasteiger partial charge in [0.05, 0.1) is 19.4 Å². The molecule has 0 bridgehead atoms. The quantitative estimate of drug-likeness (QED) is 0.339. The van der Waals surface area contributed by atoms with Gasteiger partial charge in [0.25, 0.3) is 0 Å². The number of nitrogens with zero attached hydrogens (tertiary/aromatic N) is 2. The van der Waals surface area contributed by atoms with Gasteiger partial charge in [0.15, 0.2) is 5.11 Å². The second-order valence-electron chi connectivity index (χ2n) is 4.95. The van der Waals surface area contributed by atoms with Crippen molar-refractivity contribution >= 4 is 39.5 Å². The summed E-state index contributed by atoms with van der Waals surface area (Å²) in [6.07, 6.45) is 2.79. The molecular formula is C15H21BrN4OS. The Kier molecular flexibility index (Phi) is 7.79. The summed E-state index contributed by atoms with van der Waals surface area (Å²) in [5.41, 5.74) is 3.84. The van der Waals surface area contributed by atoms with E-state index >= 15 is 0 Å². The highest BCUT2D eigenvalue weighted by Gasteiger charge is 2.08. The minimum Gasteiger partial charge on any atom is -0.379 e. The van der Waals surface area contributed by atoms with E-state index in [1.165, 1.54) is 0 Å². The predicted molar refractivity (Wildman–Crippen MR) is 97.3 cm³/mol. The summed E-state index contributed by atoms with van der Waals surface area (Å²) in [6, 6.07) is 7.89. The molecule has 0 amide bonds. The molecule has 0 saturated carbocycles. The molecule has 1 fully saturated rings. The van der Waals surface area contributed by atoms with Gasteiger partial charge in [-0.05, 0) is 31.2 Å². The molecule has 0 unspecified atom stereocenters. The number of thiocarbonyl (C=S) groups is 1. The van der Waals surface area contributed by atoms with Gasteiger partial charge in [0, 0.05) is 29.7 Å². The van der Waals surface area contributed by atoms with Crippen LogP contribution < -0.4 is 10.7 Å². The Morgan fingerprint density at radius 1 is 1.36 bits per heavy atom. The summed E-state index contributed by atoms with van der Waals surface area (Å²) >= 11 is 8.66. The molecule has 0 radical (unpaired) electrons. The molecule has 0 aromatic heterocycles. The standard InChI is InChI=1S/C15H21BrN4OS/c16-14-5-2-1-4-13(14)12-18-19-15(22)17-6-3-7-20-8-10-21-11-9-20/h1-2,4-5,12H,3,6-11H2,(H2,17,19,22)/b18-12-. The molecule has 1 heterocycles. The van der Waals surface area contributed by atoms with Crippen LogP contribution in [0.25, 0.3) is 0 Å². The van der Waals surface area contributed by atoms with Gasteiger partial charge in [-0.2, -0.15) is 5.10 Å². The molecule has 1 aliphatic rings. The van der Waals surface area contributed by atoms with Crippen molar-refractivity contribution in [2.45, 2.75) is 6.42 Å². The van der Waals surface area contributed by atoms with Crippen LogP contribution in [-0.4, -0.2) is 55.6 Å². The minimum absolute atomic E-state index is 0.547. The fourth-order valence-electron chi connectivity index (χ4n) is 2.11. The van der Waals surface area contributed by atoms with Crippen LogP contribution in [0.15, 0.2) is 33.8 Å². The van der Waals surface area contributed by atoms with Gasteiger partial charge in [0.2, 0.25) is 0 Å². The lowest BCUT2D eigenvalue weighted by Crippen LogP contribution is -2.39. The van der Waals surface area contributed by atoms with Crippen LogP contribution in [0.2, 0.25) is 0 Å². The van der Waals surface area contributed by atoms with Crippen molar-refractivity contribution < 1.29 is 4.74 Å². The second-order valence-corrected chi connectivity index (χ2v) is 6.22. The van der Waals surface area contributed by atoms with Gasteiger partial charge in [-0.25, -0.2) is 0 Å². The van der Waals surface area contributed by atoms with Gasteiger partial charge >= 0.3 is 0 Å². The van der Waals surface area contributed by atoms with E-state index in [2.05, 4.69) is 36.7 Å². The fraction of sp³-hybridized carbons (Fsp3) is 0.467. The van der Waals surface area contributed by atoms with Crippen LogP contribution in [-0.2, 0) is 4.74 Å². The fourth-order valence-corrected chi connectivity index (χ4v) is 2.65. The zero-order valence-corrected chi connectivity index (χ0v) is 14.8. The Morgan fingerprint density at radius 2 is 2.14 bits per heavy atom. The van der Waals surface area contributed by atoms with E-state index in [-0.39, 0.29) is 0 Å². The number of benzene rings is 1. The molecule has 1 aromatic carbocycles. The summed E-state index contributed by atoms with van der Waals surface area (Å²) in [6.45, 7) is 5.65. The number of ether oxygens (including phenoxy) is 1. The number of halogens is 1. The summed E-state index contributed by atoms with van der Waals surface area (Å²) < 4.78 is 6.33. The zero-order chi connectivity index (χ0) is 15.6. The maximum atomic E-state index is 5.33. The van der Waals surface area contributed by atoms with E-state index < -0.39 is 0 Å². The number of hydrogen-bond donors (Lipinski definition) is 2. The van der Waals surface area contributed by atoms with Crippen molar-refractivity contribution in [1.82, 2.24) is 15.6 Å². The van der Waals surface area contributed by atoms with Crippen molar-refractivity contribution in [2.75, 3.05) is 39.4 Å². The molecule has 0 aliphatic carbocycles. The van der Waals surface area contributed by atoms with Crippen LogP contribution in [0, 0.1) is 0 Å². The molecule has 0 spiro atoms. The molecule has 120 valence electrons. The summed E-state index contributed by atoms with van der Waals surface area (Å²) in [5.74, 6) is 0. The van der Waals surface area contributed by atoms with Gasteiger partial charge in [-0.1, -0.05) is 34.1 Å². The van der Waals surface area contributed by atoms with Gasteiger partial charge in [0.1, 0.15) is 0 Å². The Bertz CT molecular complexity index is 506. The number of hydrazone groups is 1. The average molecular weight is 385 g/mol. The minimum atomic E-state index is 0.547. The van der Waals surface area contributed by atoms with E-state index in [1.807, 2.05) is 24.3 Å². The van der Waals surface area contributed by atoms with Crippen molar-refractivity contribution in [3.63, 3.8) is 0 Å². The van der Waals surface area contributed by atoms with Crippen LogP contribution in [0.1, 0.15) is 12.0 Å². The third kappa shape index (κ3) is 6.39. The van der Waals surface area contributed by atoms with Crippen LogP contribution in [0.3, 0.4) is 0 Å². The van der Waals surface area contributed by atoms with Crippen molar-refractivity contribution in [3.8, 4) is 0 Å². The first-order valence-electron chi connectivity index (χ1n) is 7.37. The molecule has 7 heteroatoms. The molecule has 5 nitrogen and oxygen atoms in total. The highest BCUT2D eigenvalue weighted by Crippen LogP contribution is 2.13. The lowest BCUT2D eigenvalue weighted by Gasteiger charge is -2.26. The molecule has 1 aliphatic heterocycles. The Labute approximate surface area is 145 Å². The molecule has 22 heavy (non-hydrogen) atoms. The lowest BCUT2D eigenvalue weighted by molar-refractivity contribution is 0.0376.